The van der Waals surface area contributed by atoms with Crippen molar-refractivity contribution in [3.63, 3.8) is 0 Å². The third kappa shape index (κ3) is 5.63. The topological polar surface area (TPSA) is 67.9 Å². The van der Waals surface area contributed by atoms with Crippen LogP contribution in [0.4, 0.5) is 0 Å². The Labute approximate surface area is 195 Å². The molecule has 0 aliphatic carbocycles. The van der Waals surface area contributed by atoms with Gasteiger partial charge in [-0.2, -0.15) is 0 Å². The number of nitrogens with one attached hydrogen (secondary N) is 1. The van der Waals surface area contributed by atoms with Crippen molar-refractivity contribution >= 4 is 11.7 Å². The highest BCUT2D eigenvalue weighted by Crippen LogP contribution is 2.38. The lowest BCUT2D eigenvalue weighted by atomic mass is 10.0. The first-order chi connectivity index (χ1) is 16.0. The monoisotopic (exact) mass is 448 g/mol. The number of hydrogen-bond donors (Lipinski definition) is 1. The smallest absolute Gasteiger partial charge is 0.235 e. The molecule has 0 radical (unpaired) electrons. The second-order valence-electron chi connectivity index (χ2n) is 8.86. The maximum Gasteiger partial charge on any atom is 0.235 e. The van der Waals surface area contributed by atoms with E-state index in [2.05, 4.69) is 29.6 Å². The molecule has 1 N–H and O–H groups in total. The third-order valence-corrected chi connectivity index (χ3v) is 6.17. The number of ether oxygens (including phenoxy) is 2. The van der Waals surface area contributed by atoms with E-state index in [0.717, 1.165) is 38.0 Å². The largest absolute Gasteiger partial charge is 0.493 e. The van der Waals surface area contributed by atoms with Gasteiger partial charge in [-0.05, 0) is 56.4 Å². The summed E-state index contributed by atoms with van der Waals surface area (Å²) in [6.07, 6.45) is 3.00. The molecule has 33 heavy (non-hydrogen) atoms. The van der Waals surface area contributed by atoms with E-state index in [4.69, 9.17) is 9.47 Å². The van der Waals surface area contributed by atoms with Gasteiger partial charge < -0.3 is 19.7 Å². The van der Waals surface area contributed by atoms with Gasteiger partial charge in [0.2, 0.25) is 11.7 Å². The normalized spacial score (nSPS) is 15.9. The first kappa shape index (κ1) is 23.1. The molecule has 1 amide bonds. The Morgan fingerprint density at radius 2 is 1.85 bits per heavy atom. The highest BCUT2D eigenvalue weighted by Gasteiger charge is 2.31. The van der Waals surface area contributed by atoms with Crippen molar-refractivity contribution in [2.75, 3.05) is 19.7 Å². The van der Waals surface area contributed by atoms with Gasteiger partial charge in [-0.15, -0.1) is 0 Å². The van der Waals surface area contributed by atoms with E-state index in [1.165, 1.54) is 5.56 Å². The summed E-state index contributed by atoms with van der Waals surface area (Å²) < 4.78 is 11.6. The molecule has 2 aromatic carbocycles. The Morgan fingerprint density at radius 3 is 2.58 bits per heavy atom. The van der Waals surface area contributed by atoms with Crippen LogP contribution in [0.15, 0.2) is 59.9 Å². The molecule has 0 atom stereocenters. The van der Waals surface area contributed by atoms with Crippen LogP contribution in [0.3, 0.4) is 0 Å². The highest BCUT2D eigenvalue weighted by atomic mass is 16.5. The lowest BCUT2D eigenvalue weighted by Crippen LogP contribution is -2.44. The van der Waals surface area contributed by atoms with Crippen LogP contribution in [0.25, 0.3) is 0 Å². The molecule has 0 unspecified atom stereocenters. The molecule has 0 bridgehead atoms. The second kappa shape index (κ2) is 10.7. The molecule has 2 aliphatic rings. The third-order valence-electron chi connectivity index (χ3n) is 6.17. The molecule has 2 aromatic rings. The maximum atomic E-state index is 12.6. The number of likely N-dealkylation sites (tertiary alicyclic amines) is 1. The lowest BCUT2D eigenvalue weighted by molar-refractivity contribution is -0.132. The van der Waals surface area contributed by atoms with Gasteiger partial charge in [0, 0.05) is 32.1 Å². The number of carbonyl (C=O) groups excluding carboxylic acids is 2. The molecule has 0 saturated carbocycles. The Bertz CT molecular complexity index is 1020. The Balaban J connectivity index is 1.18. The predicted octanol–water partition coefficient (Wildman–Crippen LogP) is 4.50. The summed E-state index contributed by atoms with van der Waals surface area (Å²) in [6.45, 7) is 6.53. The number of piperidine rings is 1. The SMILES string of the molecule is CC(C)=C1Oc2cccc(OCCCC(=O)N3CCC(NCc4ccccc4)CC3)c2C1=O. The molecule has 6 nitrogen and oxygen atoms in total. The summed E-state index contributed by atoms with van der Waals surface area (Å²) in [5.41, 5.74) is 2.60. The predicted molar refractivity (Wildman–Crippen MR) is 127 cm³/mol. The van der Waals surface area contributed by atoms with Crippen molar-refractivity contribution in [3.05, 3.63) is 71.0 Å². The van der Waals surface area contributed by atoms with Crippen molar-refractivity contribution in [1.82, 2.24) is 10.2 Å². The fourth-order valence-corrected chi connectivity index (χ4v) is 4.29. The fourth-order valence-electron chi connectivity index (χ4n) is 4.29. The van der Waals surface area contributed by atoms with E-state index in [-0.39, 0.29) is 11.7 Å². The van der Waals surface area contributed by atoms with Crippen LogP contribution in [-0.2, 0) is 11.3 Å². The minimum atomic E-state index is -0.138. The number of hydrogen-bond acceptors (Lipinski definition) is 5. The number of allylic oxidation sites excluding steroid dienone is 2. The van der Waals surface area contributed by atoms with Gasteiger partial charge in [0.1, 0.15) is 17.1 Å². The molecular weight excluding hydrogens is 416 g/mol. The van der Waals surface area contributed by atoms with Gasteiger partial charge in [0.25, 0.3) is 0 Å². The molecule has 0 aromatic heterocycles. The van der Waals surface area contributed by atoms with Crippen LogP contribution >= 0.6 is 0 Å². The number of amides is 1. The number of ketones is 1. The first-order valence-corrected chi connectivity index (χ1v) is 11.7. The molecule has 1 saturated heterocycles. The molecule has 6 heteroatoms. The first-order valence-electron chi connectivity index (χ1n) is 11.7. The number of Topliss-reactive ketones (excluding diaryl/α,β-unsaturated/α-hetero) is 1. The molecule has 174 valence electrons. The Morgan fingerprint density at radius 1 is 1.09 bits per heavy atom. The summed E-state index contributed by atoms with van der Waals surface area (Å²) in [5, 5.41) is 3.60. The average Bonchev–Trinajstić information content (AvgIpc) is 3.19. The zero-order chi connectivity index (χ0) is 23.2. The maximum absolute atomic E-state index is 12.6. The molecule has 2 heterocycles. The van der Waals surface area contributed by atoms with Crippen molar-refractivity contribution in [3.8, 4) is 11.5 Å². The molecule has 4 rings (SSSR count). The fraction of sp³-hybridized carbons (Fsp3) is 0.407. The minimum absolute atomic E-state index is 0.138. The van der Waals surface area contributed by atoms with Gasteiger partial charge in [-0.1, -0.05) is 36.4 Å². The van der Waals surface area contributed by atoms with Crippen LogP contribution < -0.4 is 14.8 Å². The number of nitrogens with zero attached hydrogens (tertiary/aromatic N) is 1. The summed E-state index contributed by atoms with van der Waals surface area (Å²) >= 11 is 0. The van der Waals surface area contributed by atoms with E-state index in [9.17, 15) is 9.59 Å². The second-order valence-corrected chi connectivity index (χ2v) is 8.86. The summed E-state index contributed by atoms with van der Waals surface area (Å²) in [7, 11) is 0. The number of fused-ring (bicyclic) bond motifs is 1. The van der Waals surface area contributed by atoms with Crippen LogP contribution in [-0.4, -0.2) is 42.3 Å². The summed E-state index contributed by atoms with van der Waals surface area (Å²) in [5.74, 6) is 1.46. The van der Waals surface area contributed by atoms with E-state index in [0.29, 0.717) is 48.3 Å². The van der Waals surface area contributed by atoms with Crippen molar-refractivity contribution in [2.45, 2.75) is 52.1 Å². The van der Waals surface area contributed by atoms with E-state index >= 15 is 0 Å². The Hall–Kier alpha value is -3.12. The van der Waals surface area contributed by atoms with Crippen LogP contribution in [0, 0.1) is 0 Å². The summed E-state index contributed by atoms with van der Waals surface area (Å²) in [6, 6.07) is 16.2. The zero-order valence-corrected chi connectivity index (χ0v) is 19.4. The minimum Gasteiger partial charge on any atom is -0.493 e. The lowest BCUT2D eigenvalue weighted by Gasteiger charge is -2.32. The van der Waals surface area contributed by atoms with Gasteiger partial charge in [0.05, 0.1) is 6.61 Å². The molecule has 0 spiro atoms. The Kier molecular flexibility index (Phi) is 7.45. The number of carbonyl (C=O) groups is 2. The highest BCUT2D eigenvalue weighted by molar-refractivity contribution is 6.14. The van der Waals surface area contributed by atoms with Crippen molar-refractivity contribution in [2.24, 2.45) is 0 Å². The standard InChI is InChI=1S/C27H32N2O4/c1-19(2)27-26(31)25-22(10-6-11-23(25)33-27)32-17-7-12-24(30)29-15-13-21(14-16-29)28-18-20-8-4-3-5-9-20/h3-6,8-11,21,28H,7,12-18H2,1-2H3. The van der Waals surface area contributed by atoms with E-state index < -0.39 is 0 Å². The van der Waals surface area contributed by atoms with Gasteiger partial charge in [0.15, 0.2) is 5.76 Å². The van der Waals surface area contributed by atoms with E-state index in [1.54, 1.807) is 12.1 Å². The molecule has 2 aliphatic heterocycles. The van der Waals surface area contributed by atoms with Crippen LogP contribution in [0.2, 0.25) is 0 Å². The quantitative estimate of drug-likeness (QED) is 0.476. The van der Waals surface area contributed by atoms with Gasteiger partial charge in [-0.3, -0.25) is 9.59 Å². The molecular formula is C27H32N2O4. The van der Waals surface area contributed by atoms with Crippen molar-refractivity contribution in [1.29, 1.82) is 0 Å². The zero-order valence-electron chi connectivity index (χ0n) is 19.4. The van der Waals surface area contributed by atoms with Crippen LogP contribution in [0.5, 0.6) is 11.5 Å². The molecule has 1 fully saturated rings. The number of rotatable bonds is 8. The van der Waals surface area contributed by atoms with Crippen molar-refractivity contribution < 1.29 is 19.1 Å². The number of benzene rings is 2. The van der Waals surface area contributed by atoms with Gasteiger partial charge in [-0.25, -0.2) is 0 Å². The average molecular weight is 449 g/mol. The van der Waals surface area contributed by atoms with Crippen LogP contribution in [0.1, 0.15) is 55.5 Å². The van der Waals surface area contributed by atoms with Gasteiger partial charge >= 0.3 is 0 Å². The van der Waals surface area contributed by atoms with E-state index in [1.807, 2.05) is 30.9 Å². The summed E-state index contributed by atoms with van der Waals surface area (Å²) in [4.78, 5) is 27.2.